The SMILES string of the molecule is Cc1cc(C(=O)N2CCN(c3nccs3)CC2)c(C)n1Cc1ccco1. The molecule has 1 aliphatic heterocycles. The van der Waals surface area contributed by atoms with Crippen molar-refractivity contribution in [1.29, 1.82) is 0 Å². The van der Waals surface area contributed by atoms with Crippen LogP contribution in [0.5, 0.6) is 0 Å². The molecule has 1 amide bonds. The smallest absolute Gasteiger partial charge is 0.255 e. The molecule has 0 N–H and O–H groups in total. The van der Waals surface area contributed by atoms with E-state index < -0.39 is 0 Å². The van der Waals surface area contributed by atoms with Crippen molar-refractivity contribution in [1.82, 2.24) is 14.5 Å². The Bertz CT molecular complexity index is 875. The van der Waals surface area contributed by atoms with Crippen LogP contribution in [-0.2, 0) is 6.54 Å². The lowest BCUT2D eigenvalue weighted by Crippen LogP contribution is -2.48. The lowest BCUT2D eigenvalue weighted by Gasteiger charge is -2.34. The first-order valence-electron chi connectivity index (χ1n) is 8.76. The van der Waals surface area contributed by atoms with Crippen molar-refractivity contribution in [3.8, 4) is 0 Å². The Labute approximate surface area is 156 Å². The van der Waals surface area contributed by atoms with E-state index in [1.165, 1.54) is 0 Å². The van der Waals surface area contributed by atoms with Gasteiger partial charge in [0, 0.05) is 49.1 Å². The number of rotatable bonds is 4. The first-order chi connectivity index (χ1) is 12.6. The van der Waals surface area contributed by atoms with E-state index in [4.69, 9.17) is 4.42 Å². The fourth-order valence-electron chi connectivity index (χ4n) is 3.46. The summed E-state index contributed by atoms with van der Waals surface area (Å²) in [5, 5.41) is 3.02. The van der Waals surface area contributed by atoms with Crippen molar-refractivity contribution in [2.24, 2.45) is 0 Å². The summed E-state index contributed by atoms with van der Waals surface area (Å²) in [6.45, 7) is 7.78. The van der Waals surface area contributed by atoms with Gasteiger partial charge in [0.1, 0.15) is 5.76 Å². The van der Waals surface area contributed by atoms with Crippen LogP contribution in [0.3, 0.4) is 0 Å². The van der Waals surface area contributed by atoms with E-state index in [1.807, 2.05) is 48.5 Å². The third kappa shape index (κ3) is 3.14. The summed E-state index contributed by atoms with van der Waals surface area (Å²) in [5.74, 6) is 1.01. The minimum Gasteiger partial charge on any atom is -0.467 e. The number of aromatic nitrogens is 2. The second-order valence-electron chi connectivity index (χ2n) is 6.54. The highest BCUT2D eigenvalue weighted by molar-refractivity contribution is 7.13. The zero-order chi connectivity index (χ0) is 18.1. The molecular formula is C19H22N4O2S. The zero-order valence-corrected chi connectivity index (χ0v) is 15.8. The Morgan fingerprint density at radius 3 is 2.73 bits per heavy atom. The maximum Gasteiger partial charge on any atom is 0.255 e. The largest absolute Gasteiger partial charge is 0.467 e. The predicted octanol–water partition coefficient (Wildman–Crippen LogP) is 3.17. The molecule has 0 atom stereocenters. The van der Waals surface area contributed by atoms with Gasteiger partial charge in [-0.05, 0) is 32.0 Å². The van der Waals surface area contributed by atoms with Crippen molar-refractivity contribution in [2.45, 2.75) is 20.4 Å². The number of furan rings is 1. The maximum absolute atomic E-state index is 13.0. The molecule has 0 aromatic carbocycles. The highest BCUT2D eigenvalue weighted by atomic mass is 32.1. The number of anilines is 1. The molecule has 6 nitrogen and oxygen atoms in total. The van der Waals surface area contributed by atoms with Crippen molar-refractivity contribution < 1.29 is 9.21 Å². The summed E-state index contributed by atoms with van der Waals surface area (Å²) >= 11 is 1.64. The minimum absolute atomic E-state index is 0.114. The fourth-order valence-corrected chi connectivity index (χ4v) is 4.16. The summed E-state index contributed by atoms with van der Waals surface area (Å²) < 4.78 is 7.59. The number of amides is 1. The van der Waals surface area contributed by atoms with E-state index in [0.717, 1.165) is 54.0 Å². The van der Waals surface area contributed by atoms with Crippen LogP contribution in [0.1, 0.15) is 27.5 Å². The highest BCUT2D eigenvalue weighted by Crippen LogP contribution is 2.22. The average Bonchev–Trinajstić information content (AvgIpc) is 3.40. The molecule has 1 fully saturated rings. The van der Waals surface area contributed by atoms with Crippen LogP contribution < -0.4 is 4.90 Å². The number of carbonyl (C=O) groups excluding carboxylic acids is 1. The van der Waals surface area contributed by atoms with Gasteiger partial charge in [0.05, 0.1) is 18.4 Å². The number of hydrogen-bond donors (Lipinski definition) is 0. The van der Waals surface area contributed by atoms with Crippen molar-refractivity contribution in [2.75, 3.05) is 31.1 Å². The zero-order valence-electron chi connectivity index (χ0n) is 15.0. The van der Waals surface area contributed by atoms with Gasteiger partial charge >= 0.3 is 0 Å². The molecule has 0 bridgehead atoms. The monoisotopic (exact) mass is 370 g/mol. The molecule has 0 saturated carbocycles. The first kappa shape index (κ1) is 16.9. The number of thiazole rings is 1. The molecule has 4 heterocycles. The van der Waals surface area contributed by atoms with Crippen LogP contribution >= 0.6 is 11.3 Å². The Hall–Kier alpha value is -2.54. The second-order valence-corrected chi connectivity index (χ2v) is 7.42. The molecular weight excluding hydrogens is 348 g/mol. The van der Waals surface area contributed by atoms with Gasteiger partial charge in [-0.2, -0.15) is 0 Å². The van der Waals surface area contributed by atoms with Crippen LogP contribution in [0.2, 0.25) is 0 Å². The summed E-state index contributed by atoms with van der Waals surface area (Å²) in [6.07, 6.45) is 3.50. The van der Waals surface area contributed by atoms with Gasteiger partial charge < -0.3 is 18.8 Å². The second kappa shape index (κ2) is 6.99. The van der Waals surface area contributed by atoms with Gasteiger partial charge in [-0.15, -0.1) is 11.3 Å². The molecule has 26 heavy (non-hydrogen) atoms. The minimum atomic E-state index is 0.114. The molecule has 0 spiro atoms. The molecule has 136 valence electrons. The number of hydrogen-bond acceptors (Lipinski definition) is 5. The Kier molecular flexibility index (Phi) is 4.55. The van der Waals surface area contributed by atoms with E-state index in [0.29, 0.717) is 6.54 Å². The van der Waals surface area contributed by atoms with Crippen molar-refractivity contribution >= 4 is 22.4 Å². The van der Waals surface area contributed by atoms with Crippen LogP contribution in [-0.4, -0.2) is 46.5 Å². The molecule has 0 aliphatic carbocycles. The molecule has 3 aromatic rings. The van der Waals surface area contributed by atoms with E-state index in [-0.39, 0.29) is 5.91 Å². The summed E-state index contributed by atoms with van der Waals surface area (Å²) in [4.78, 5) is 21.6. The summed E-state index contributed by atoms with van der Waals surface area (Å²) in [5.41, 5.74) is 2.85. The van der Waals surface area contributed by atoms with Gasteiger partial charge in [0.2, 0.25) is 0 Å². The highest BCUT2D eigenvalue weighted by Gasteiger charge is 2.26. The third-order valence-electron chi connectivity index (χ3n) is 4.95. The Morgan fingerprint density at radius 2 is 2.08 bits per heavy atom. The van der Waals surface area contributed by atoms with Gasteiger partial charge in [0.25, 0.3) is 5.91 Å². The van der Waals surface area contributed by atoms with E-state index in [9.17, 15) is 4.79 Å². The Morgan fingerprint density at radius 1 is 1.27 bits per heavy atom. The molecule has 0 unspecified atom stereocenters. The summed E-state index contributed by atoms with van der Waals surface area (Å²) in [7, 11) is 0. The van der Waals surface area contributed by atoms with Gasteiger partial charge in [0.15, 0.2) is 5.13 Å². The van der Waals surface area contributed by atoms with Crippen LogP contribution in [0.25, 0.3) is 0 Å². The van der Waals surface area contributed by atoms with Gasteiger partial charge in [-0.1, -0.05) is 0 Å². The molecule has 7 heteroatoms. The summed E-state index contributed by atoms with van der Waals surface area (Å²) in [6, 6.07) is 5.84. The van der Waals surface area contributed by atoms with E-state index in [2.05, 4.69) is 14.5 Å². The molecule has 1 aliphatic rings. The van der Waals surface area contributed by atoms with E-state index in [1.54, 1.807) is 17.6 Å². The lowest BCUT2D eigenvalue weighted by atomic mass is 10.2. The van der Waals surface area contributed by atoms with Crippen molar-refractivity contribution in [3.05, 3.63) is 58.8 Å². The molecule has 4 rings (SSSR count). The quantitative estimate of drug-likeness (QED) is 0.708. The average molecular weight is 370 g/mol. The Balaban J connectivity index is 1.47. The number of nitrogens with zero attached hydrogens (tertiary/aromatic N) is 4. The topological polar surface area (TPSA) is 54.5 Å². The normalized spacial score (nSPS) is 14.8. The van der Waals surface area contributed by atoms with Crippen LogP contribution in [0, 0.1) is 13.8 Å². The number of piperazine rings is 1. The van der Waals surface area contributed by atoms with Crippen LogP contribution in [0.15, 0.2) is 40.5 Å². The molecule has 1 saturated heterocycles. The number of aryl methyl sites for hydroxylation is 1. The van der Waals surface area contributed by atoms with Gasteiger partial charge in [-0.3, -0.25) is 4.79 Å². The predicted molar refractivity (Wildman–Crippen MR) is 102 cm³/mol. The molecule has 0 radical (unpaired) electrons. The molecule has 3 aromatic heterocycles. The van der Waals surface area contributed by atoms with Gasteiger partial charge in [-0.25, -0.2) is 4.98 Å². The third-order valence-corrected chi connectivity index (χ3v) is 5.79. The van der Waals surface area contributed by atoms with E-state index >= 15 is 0 Å². The maximum atomic E-state index is 13.0. The standard InChI is InChI=1S/C19H22N4O2S/c1-14-12-17(15(2)23(14)13-16-4-3-10-25-16)18(24)21-6-8-22(9-7-21)19-20-5-11-26-19/h3-5,10-12H,6-9,13H2,1-2H3. The number of carbonyl (C=O) groups is 1. The van der Waals surface area contributed by atoms with Crippen molar-refractivity contribution in [3.63, 3.8) is 0 Å². The van der Waals surface area contributed by atoms with Crippen LogP contribution in [0.4, 0.5) is 5.13 Å². The first-order valence-corrected chi connectivity index (χ1v) is 9.64. The lowest BCUT2D eigenvalue weighted by molar-refractivity contribution is 0.0746. The fraction of sp³-hybridized carbons (Fsp3) is 0.368.